The predicted octanol–water partition coefficient (Wildman–Crippen LogP) is 1.55. The second-order valence-corrected chi connectivity index (χ2v) is 6.14. The van der Waals surface area contributed by atoms with Gasteiger partial charge in [0.2, 0.25) is 11.8 Å². The molecule has 0 aromatic heterocycles. The molecule has 0 aromatic carbocycles. The Kier molecular flexibility index (Phi) is 3.93. The molecule has 1 saturated carbocycles. The zero-order chi connectivity index (χ0) is 13.3. The lowest BCUT2D eigenvalue weighted by atomic mass is 9.97. The lowest BCUT2D eigenvalue weighted by Gasteiger charge is -2.38. The highest BCUT2D eigenvalue weighted by Gasteiger charge is 2.39. The fourth-order valence-electron chi connectivity index (χ4n) is 2.59. The van der Waals surface area contributed by atoms with Crippen LogP contribution in [-0.2, 0) is 9.59 Å². The van der Waals surface area contributed by atoms with Crippen molar-refractivity contribution in [1.82, 2.24) is 10.2 Å². The van der Waals surface area contributed by atoms with E-state index >= 15 is 0 Å². The number of hydrogen-bond donors (Lipinski definition) is 1. The van der Waals surface area contributed by atoms with Crippen molar-refractivity contribution in [2.75, 3.05) is 6.54 Å². The van der Waals surface area contributed by atoms with Crippen LogP contribution in [-0.4, -0.2) is 35.3 Å². The van der Waals surface area contributed by atoms with Gasteiger partial charge in [0, 0.05) is 6.54 Å². The van der Waals surface area contributed by atoms with Crippen LogP contribution in [0.5, 0.6) is 0 Å². The van der Waals surface area contributed by atoms with Crippen LogP contribution in [0.3, 0.4) is 0 Å². The van der Waals surface area contributed by atoms with E-state index in [9.17, 15) is 9.59 Å². The highest BCUT2D eigenvalue weighted by molar-refractivity contribution is 5.96. The first-order valence-electron chi connectivity index (χ1n) is 7.10. The molecule has 1 heterocycles. The molecular weight excluding hydrogens is 228 g/mol. The molecule has 0 aromatic rings. The smallest absolute Gasteiger partial charge is 0.245 e. The van der Waals surface area contributed by atoms with Gasteiger partial charge in [-0.05, 0) is 31.6 Å². The Balaban J connectivity index is 2.04. The molecule has 2 amide bonds. The third-order valence-corrected chi connectivity index (χ3v) is 3.86. The Morgan fingerprint density at radius 2 is 2.00 bits per heavy atom. The Labute approximate surface area is 109 Å². The fourth-order valence-corrected chi connectivity index (χ4v) is 2.59. The highest BCUT2D eigenvalue weighted by atomic mass is 16.2. The van der Waals surface area contributed by atoms with Crippen LogP contribution >= 0.6 is 0 Å². The number of carbonyl (C=O) groups is 2. The van der Waals surface area contributed by atoms with E-state index in [4.69, 9.17) is 0 Å². The first-order valence-corrected chi connectivity index (χ1v) is 7.10. The van der Waals surface area contributed by atoms with Crippen molar-refractivity contribution in [3.05, 3.63) is 0 Å². The number of rotatable bonds is 5. The lowest BCUT2D eigenvalue weighted by Crippen LogP contribution is -2.62. The minimum atomic E-state index is -0.361. The monoisotopic (exact) mass is 252 g/mol. The molecule has 102 valence electrons. The molecule has 2 fully saturated rings. The molecule has 1 saturated heterocycles. The number of amides is 2. The van der Waals surface area contributed by atoms with Crippen molar-refractivity contribution in [2.24, 2.45) is 11.8 Å². The van der Waals surface area contributed by atoms with Gasteiger partial charge in [-0.25, -0.2) is 0 Å². The van der Waals surface area contributed by atoms with Crippen molar-refractivity contribution in [1.29, 1.82) is 0 Å². The standard InChI is InChI=1S/C14H24N2O2/c1-9(2)8-12-13(17)15-10(3)14(18)16(12)7-6-11-4-5-11/h9-12H,4-8H2,1-3H3,(H,15,17). The molecular formula is C14H24N2O2. The maximum Gasteiger partial charge on any atom is 0.245 e. The SMILES string of the molecule is CC(C)CC1C(=O)NC(C)C(=O)N1CCC1CC1. The van der Waals surface area contributed by atoms with Gasteiger partial charge in [0.1, 0.15) is 12.1 Å². The minimum absolute atomic E-state index is 0.0200. The molecule has 1 aliphatic carbocycles. The fraction of sp³-hybridized carbons (Fsp3) is 0.857. The van der Waals surface area contributed by atoms with Gasteiger partial charge in [-0.15, -0.1) is 0 Å². The highest BCUT2D eigenvalue weighted by Crippen LogP contribution is 2.33. The Hall–Kier alpha value is -1.06. The first-order chi connectivity index (χ1) is 8.49. The third kappa shape index (κ3) is 3.03. The number of nitrogens with one attached hydrogen (secondary N) is 1. The molecule has 4 heteroatoms. The van der Waals surface area contributed by atoms with Gasteiger partial charge in [-0.2, -0.15) is 0 Å². The Morgan fingerprint density at radius 3 is 2.56 bits per heavy atom. The van der Waals surface area contributed by atoms with Gasteiger partial charge in [0.15, 0.2) is 0 Å². The van der Waals surface area contributed by atoms with Crippen LogP contribution in [0.4, 0.5) is 0 Å². The lowest BCUT2D eigenvalue weighted by molar-refractivity contribution is -0.149. The van der Waals surface area contributed by atoms with Crippen molar-refractivity contribution >= 4 is 11.8 Å². The van der Waals surface area contributed by atoms with Crippen LogP contribution in [0.15, 0.2) is 0 Å². The number of hydrogen-bond acceptors (Lipinski definition) is 2. The maximum absolute atomic E-state index is 12.2. The minimum Gasteiger partial charge on any atom is -0.343 e. The summed E-state index contributed by atoms with van der Waals surface area (Å²) < 4.78 is 0. The van der Waals surface area contributed by atoms with Crippen molar-refractivity contribution in [3.63, 3.8) is 0 Å². The molecule has 0 spiro atoms. The summed E-state index contributed by atoms with van der Waals surface area (Å²) in [5, 5.41) is 2.79. The molecule has 4 nitrogen and oxygen atoms in total. The molecule has 2 rings (SSSR count). The normalized spacial score (nSPS) is 28.8. The van der Waals surface area contributed by atoms with Gasteiger partial charge in [0.05, 0.1) is 0 Å². The number of nitrogens with zero attached hydrogens (tertiary/aromatic N) is 1. The van der Waals surface area contributed by atoms with Gasteiger partial charge in [0.25, 0.3) is 0 Å². The van der Waals surface area contributed by atoms with Crippen LogP contribution < -0.4 is 5.32 Å². The van der Waals surface area contributed by atoms with Gasteiger partial charge in [-0.1, -0.05) is 26.7 Å². The van der Waals surface area contributed by atoms with Crippen LogP contribution in [0.1, 0.15) is 46.5 Å². The molecule has 18 heavy (non-hydrogen) atoms. The summed E-state index contributed by atoms with van der Waals surface area (Å²) in [4.78, 5) is 26.1. The first kappa shape index (κ1) is 13.4. The van der Waals surface area contributed by atoms with E-state index in [1.807, 2.05) is 4.90 Å². The Morgan fingerprint density at radius 1 is 1.33 bits per heavy atom. The number of piperazine rings is 1. The molecule has 2 aliphatic rings. The van der Waals surface area contributed by atoms with Crippen LogP contribution in [0.2, 0.25) is 0 Å². The van der Waals surface area contributed by atoms with E-state index in [2.05, 4.69) is 19.2 Å². The topological polar surface area (TPSA) is 49.4 Å². The predicted molar refractivity (Wildman–Crippen MR) is 69.9 cm³/mol. The largest absolute Gasteiger partial charge is 0.343 e. The van der Waals surface area contributed by atoms with E-state index in [0.29, 0.717) is 5.92 Å². The summed E-state index contributed by atoms with van der Waals surface area (Å²) >= 11 is 0. The molecule has 0 bridgehead atoms. The van der Waals surface area contributed by atoms with Crippen molar-refractivity contribution in [3.8, 4) is 0 Å². The van der Waals surface area contributed by atoms with Crippen molar-refractivity contribution in [2.45, 2.75) is 58.5 Å². The average molecular weight is 252 g/mol. The van der Waals surface area contributed by atoms with Crippen LogP contribution in [0, 0.1) is 11.8 Å². The zero-order valence-corrected chi connectivity index (χ0v) is 11.6. The van der Waals surface area contributed by atoms with E-state index in [1.54, 1.807) is 6.92 Å². The molecule has 1 aliphatic heterocycles. The van der Waals surface area contributed by atoms with E-state index in [-0.39, 0.29) is 23.9 Å². The van der Waals surface area contributed by atoms with Crippen LogP contribution in [0.25, 0.3) is 0 Å². The maximum atomic E-state index is 12.2. The van der Waals surface area contributed by atoms with Crippen molar-refractivity contribution < 1.29 is 9.59 Å². The van der Waals surface area contributed by atoms with E-state index < -0.39 is 0 Å². The summed E-state index contributed by atoms with van der Waals surface area (Å²) in [5.74, 6) is 1.32. The van der Waals surface area contributed by atoms with Gasteiger partial charge in [-0.3, -0.25) is 9.59 Å². The van der Waals surface area contributed by atoms with E-state index in [1.165, 1.54) is 12.8 Å². The average Bonchev–Trinajstić information content (AvgIpc) is 3.08. The summed E-state index contributed by atoms with van der Waals surface area (Å²) in [5.41, 5.74) is 0. The molecule has 2 atom stereocenters. The number of carbonyl (C=O) groups excluding carboxylic acids is 2. The second-order valence-electron chi connectivity index (χ2n) is 6.14. The summed E-state index contributed by atoms with van der Waals surface area (Å²) in [6.45, 7) is 6.71. The summed E-state index contributed by atoms with van der Waals surface area (Å²) in [6, 6.07) is -0.618. The third-order valence-electron chi connectivity index (χ3n) is 3.86. The second kappa shape index (κ2) is 5.29. The van der Waals surface area contributed by atoms with Gasteiger partial charge < -0.3 is 10.2 Å². The summed E-state index contributed by atoms with van der Waals surface area (Å²) in [6.07, 6.45) is 4.40. The van der Waals surface area contributed by atoms with E-state index in [0.717, 1.165) is 25.3 Å². The quantitative estimate of drug-likeness (QED) is 0.807. The zero-order valence-electron chi connectivity index (χ0n) is 11.6. The molecule has 0 radical (unpaired) electrons. The molecule has 2 unspecified atom stereocenters. The summed E-state index contributed by atoms with van der Waals surface area (Å²) in [7, 11) is 0. The Bertz CT molecular complexity index is 337. The molecule has 1 N–H and O–H groups in total. The van der Waals surface area contributed by atoms with Gasteiger partial charge >= 0.3 is 0 Å².